The number of aromatic nitrogens is 2. The quantitative estimate of drug-likeness (QED) is 0.439. The van der Waals surface area contributed by atoms with E-state index in [4.69, 9.17) is 0 Å². The first kappa shape index (κ1) is 15.0. The van der Waals surface area contributed by atoms with Crippen LogP contribution in [0.3, 0.4) is 0 Å². The van der Waals surface area contributed by atoms with Crippen molar-refractivity contribution in [1.82, 2.24) is 20.6 Å². The molecule has 0 spiro atoms. The van der Waals surface area contributed by atoms with Gasteiger partial charge in [0.25, 0.3) is 11.8 Å². The highest BCUT2D eigenvalue weighted by atomic mass is 16.2. The second-order valence-corrected chi connectivity index (χ2v) is 6.95. The summed E-state index contributed by atoms with van der Waals surface area (Å²) >= 11 is 0. The van der Waals surface area contributed by atoms with Gasteiger partial charge in [0, 0.05) is 21.8 Å². The van der Waals surface area contributed by atoms with Gasteiger partial charge in [-0.3, -0.25) is 9.59 Å². The Kier molecular flexibility index (Phi) is 2.81. The zero-order chi connectivity index (χ0) is 18.8. The lowest BCUT2D eigenvalue weighted by Gasteiger charge is -2.04. The molecule has 6 rings (SSSR count). The normalized spacial score (nSPS) is 16.3. The summed E-state index contributed by atoms with van der Waals surface area (Å²) < 4.78 is 0. The van der Waals surface area contributed by atoms with Crippen LogP contribution in [-0.4, -0.2) is 21.8 Å². The first-order chi connectivity index (χ1) is 13.7. The standard InChI is InChI=1S/C22H14N4O2/c27-21-17-18(20(26-21)16-10-12-6-2-4-8-14(12)24-16)22(28)25-19(17)15-9-11-5-1-3-7-13(11)23-15/h1-10,23-24H,(H,25,28)(H,26,27). The number of hydrogen-bond acceptors (Lipinski definition) is 2. The molecule has 2 aliphatic heterocycles. The number of amides is 2. The number of para-hydroxylation sites is 2. The van der Waals surface area contributed by atoms with Crippen LogP contribution in [0.2, 0.25) is 0 Å². The van der Waals surface area contributed by atoms with E-state index in [1.807, 2.05) is 60.7 Å². The largest absolute Gasteiger partial charge is 0.353 e. The van der Waals surface area contributed by atoms with Gasteiger partial charge in [-0.05, 0) is 24.3 Å². The van der Waals surface area contributed by atoms with Gasteiger partial charge in [-0.2, -0.15) is 0 Å². The predicted octanol–water partition coefficient (Wildman–Crippen LogP) is 3.03. The summed E-state index contributed by atoms with van der Waals surface area (Å²) in [6.45, 7) is 0. The van der Waals surface area contributed by atoms with Crippen LogP contribution in [0.5, 0.6) is 0 Å². The number of fused-ring (bicyclic) bond motifs is 3. The van der Waals surface area contributed by atoms with Gasteiger partial charge >= 0.3 is 0 Å². The summed E-state index contributed by atoms with van der Waals surface area (Å²) in [5, 5.41) is 7.79. The van der Waals surface area contributed by atoms with Crippen molar-refractivity contribution in [1.29, 1.82) is 0 Å². The zero-order valence-corrected chi connectivity index (χ0v) is 14.6. The molecular weight excluding hydrogens is 352 g/mol. The number of H-pyrrole nitrogens is 2. The van der Waals surface area contributed by atoms with E-state index in [9.17, 15) is 9.59 Å². The molecule has 6 heteroatoms. The van der Waals surface area contributed by atoms with E-state index in [-0.39, 0.29) is 11.8 Å². The Morgan fingerprint density at radius 1 is 0.571 bits per heavy atom. The van der Waals surface area contributed by atoms with Crippen LogP contribution in [-0.2, 0) is 9.59 Å². The molecule has 0 saturated carbocycles. The lowest BCUT2D eigenvalue weighted by atomic mass is 10.1. The van der Waals surface area contributed by atoms with Crippen LogP contribution in [0, 0.1) is 0 Å². The van der Waals surface area contributed by atoms with Crippen LogP contribution in [0.4, 0.5) is 0 Å². The number of rotatable bonds is 2. The van der Waals surface area contributed by atoms with Gasteiger partial charge in [0.2, 0.25) is 0 Å². The second-order valence-electron chi connectivity index (χ2n) is 6.95. The Morgan fingerprint density at radius 3 is 1.43 bits per heavy atom. The van der Waals surface area contributed by atoms with Crippen molar-refractivity contribution in [2.24, 2.45) is 0 Å². The molecule has 2 amide bonds. The highest BCUT2D eigenvalue weighted by molar-refractivity contribution is 6.30. The lowest BCUT2D eigenvalue weighted by molar-refractivity contribution is -0.117. The monoisotopic (exact) mass is 366 g/mol. The molecule has 0 saturated heterocycles. The maximum Gasteiger partial charge on any atom is 0.258 e. The van der Waals surface area contributed by atoms with Crippen LogP contribution >= 0.6 is 0 Å². The lowest BCUT2D eigenvalue weighted by Crippen LogP contribution is -2.21. The average molecular weight is 366 g/mol. The Labute approximate surface area is 158 Å². The van der Waals surface area contributed by atoms with Crippen molar-refractivity contribution in [3.63, 3.8) is 0 Å². The molecule has 2 aromatic carbocycles. The van der Waals surface area contributed by atoms with Gasteiger partial charge in [-0.25, -0.2) is 0 Å². The van der Waals surface area contributed by atoms with Gasteiger partial charge < -0.3 is 20.6 Å². The second kappa shape index (κ2) is 5.23. The van der Waals surface area contributed by atoms with Crippen LogP contribution in [0.1, 0.15) is 11.4 Å². The van der Waals surface area contributed by atoms with E-state index in [1.165, 1.54) is 0 Å². The molecule has 2 aromatic heterocycles. The number of aromatic amines is 2. The molecule has 0 unspecified atom stereocenters. The zero-order valence-electron chi connectivity index (χ0n) is 14.6. The third kappa shape index (κ3) is 1.97. The minimum Gasteiger partial charge on any atom is -0.353 e. The van der Waals surface area contributed by atoms with Crippen molar-refractivity contribution in [3.05, 3.63) is 83.2 Å². The van der Waals surface area contributed by atoms with E-state index < -0.39 is 0 Å². The summed E-state index contributed by atoms with van der Waals surface area (Å²) in [5.74, 6) is -0.564. The fourth-order valence-electron chi connectivity index (χ4n) is 4.00. The van der Waals surface area contributed by atoms with Crippen LogP contribution < -0.4 is 10.6 Å². The maximum absolute atomic E-state index is 12.8. The van der Waals surface area contributed by atoms with Crippen molar-refractivity contribution < 1.29 is 9.59 Å². The maximum atomic E-state index is 12.8. The Bertz CT molecular complexity index is 1230. The molecule has 0 atom stereocenters. The molecule has 4 aromatic rings. The highest BCUT2D eigenvalue weighted by Crippen LogP contribution is 2.38. The van der Waals surface area contributed by atoms with Gasteiger partial charge in [-0.1, -0.05) is 36.4 Å². The van der Waals surface area contributed by atoms with Crippen LogP contribution in [0.15, 0.2) is 71.8 Å². The smallest absolute Gasteiger partial charge is 0.258 e. The van der Waals surface area contributed by atoms with Crippen molar-refractivity contribution in [2.45, 2.75) is 0 Å². The van der Waals surface area contributed by atoms with Crippen molar-refractivity contribution in [3.8, 4) is 0 Å². The molecule has 0 fully saturated rings. The van der Waals surface area contributed by atoms with Gasteiger partial charge in [0.15, 0.2) is 0 Å². The van der Waals surface area contributed by atoms with Gasteiger partial charge in [0.05, 0.1) is 33.9 Å². The Hall–Kier alpha value is -4.06. The minimum absolute atomic E-state index is 0.282. The first-order valence-corrected chi connectivity index (χ1v) is 8.97. The highest BCUT2D eigenvalue weighted by Gasteiger charge is 2.41. The third-order valence-electron chi connectivity index (χ3n) is 5.28. The van der Waals surface area contributed by atoms with E-state index in [2.05, 4.69) is 20.6 Å². The Morgan fingerprint density at radius 2 is 1.00 bits per heavy atom. The summed E-state index contributed by atoms with van der Waals surface area (Å²) in [7, 11) is 0. The van der Waals surface area contributed by atoms with E-state index in [0.29, 0.717) is 33.9 Å². The van der Waals surface area contributed by atoms with E-state index in [1.54, 1.807) is 0 Å². The molecule has 6 nitrogen and oxygen atoms in total. The van der Waals surface area contributed by atoms with E-state index >= 15 is 0 Å². The first-order valence-electron chi connectivity index (χ1n) is 8.97. The Balaban J connectivity index is 1.56. The number of hydrogen-bond donors (Lipinski definition) is 4. The minimum atomic E-state index is -0.282. The molecule has 4 heterocycles. The molecule has 0 radical (unpaired) electrons. The SMILES string of the molecule is O=C1NC(c2cc3ccccc3[nH]2)=C2C(=O)NC(c3cc4ccccc4[nH]3)=C12. The van der Waals surface area contributed by atoms with Crippen molar-refractivity contribution in [2.75, 3.05) is 0 Å². The summed E-state index contributed by atoms with van der Waals surface area (Å²) in [5.41, 5.74) is 5.12. The van der Waals surface area contributed by atoms with Crippen molar-refractivity contribution >= 4 is 45.0 Å². The fourth-order valence-corrected chi connectivity index (χ4v) is 4.00. The molecule has 4 N–H and O–H groups in total. The number of nitrogens with one attached hydrogen (secondary N) is 4. The summed E-state index contributed by atoms with van der Waals surface area (Å²) in [6, 6.07) is 19.6. The fraction of sp³-hybridized carbons (Fsp3) is 0. The number of carbonyl (C=O) groups is 2. The van der Waals surface area contributed by atoms with Gasteiger partial charge in [-0.15, -0.1) is 0 Å². The summed E-state index contributed by atoms with van der Waals surface area (Å²) in [6.07, 6.45) is 0. The molecule has 28 heavy (non-hydrogen) atoms. The molecule has 2 aliphatic rings. The molecule has 0 aliphatic carbocycles. The van der Waals surface area contributed by atoms with Gasteiger partial charge in [0.1, 0.15) is 0 Å². The average Bonchev–Trinajstić information content (AvgIpc) is 3.44. The predicted molar refractivity (Wildman–Crippen MR) is 107 cm³/mol. The number of benzene rings is 2. The number of carbonyl (C=O) groups excluding carboxylic acids is 2. The van der Waals surface area contributed by atoms with E-state index in [0.717, 1.165) is 21.8 Å². The molecular formula is C22H14N4O2. The third-order valence-corrected chi connectivity index (χ3v) is 5.28. The molecule has 0 bridgehead atoms. The molecule has 134 valence electrons. The van der Waals surface area contributed by atoms with Crippen LogP contribution in [0.25, 0.3) is 33.2 Å². The summed E-state index contributed by atoms with van der Waals surface area (Å²) in [4.78, 5) is 32.1. The topological polar surface area (TPSA) is 89.8 Å².